The van der Waals surface area contributed by atoms with Gasteiger partial charge in [0.15, 0.2) is 0 Å². The standard InChI is InChI=1S/C19H20IN3O2/c1-10-7-15-16(8-11(10)2)23-19(25)17(21-15)9-18(24)22-14-5-4-13(20)6-12(14)3/h4-8,17,21H,9H2,1-3H3,(H,22,24)(H,23,25). The minimum absolute atomic E-state index is 0.0730. The molecule has 0 radical (unpaired) electrons. The molecule has 5 nitrogen and oxygen atoms in total. The van der Waals surface area contributed by atoms with Gasteiger partial charge in [0.1, 0.15) is 6.04 Å². The van der Waals surface area contributed by atoms with Crippen LogP contribution in [-0.4, -0.2) is 17.9 Å². The van der Waals surface area contributed by atoms with E-state index in [0.717, 1.165) is 37.3 Å². The zero-order chi connectivity index (χ0) is 18.1. The number of carbonyl (C=O) groups is 2. The van der Waals surface area contributed by atoms with E-state index in [1.54, 1.807) is 0 Å². The number of aryl methyl sites for hydroxylation is 3. The molecular weight excluding hydrogens is 429 g/mol. The summed E-state index contributed by atoms with van der Waals surface area (Å²) in [7, 11) is 0. The minimum Gasteiger partial charge on any atom is -0.372 e. The third-order valence-corrected chi connectivity index (χ3v) is 5.06. The summed E-state index contributed by atoms with van der Waals surface area (Å²) in [5.74, 6) is -0.380. The summed E-state index contributed by atoms with van der Waals surface area (Å²) in [6.07, 6.45) is 0.0730. The summed E-state index contributed by atoms with van der Waals surface area (Å²) in [5, 5.41) is 8.95. The molecule has 2 aromatic carbocycles. The van der Waals surface area contributed by atoms with Crippen molar-refractivity contribution in [3.8, 4) is 0 Å². The zero-order valence-electron chi connectivity index (χ0n) is 14.4. The Morgan fingerprint density at radius 1 is 1.08 bits per heavy atom. The average molecular weight is 449 g/mol. The summed E-state index contributed by atoms with van der Waals surface area (Å²) >= 11 is 2.23. The quantitative estimate of drug-likeness (QED) is 0.621. The number of hydrogen-bond donors (Lipinski definition) is 3. The number of anilines is 3. The number of amides is 2. The van der Waals surface area contributed by atoms with Crippen LogP contribution in [0.5, 0.6) is 0 Å². The summed E-state index contributed by atoms with van der Waals surface area (Å²) < 4.78 is 1.11. The van der Waals surface area contributed by atoms with Gasteiger partial charge in [0.2, 0.25) is 11.8 Å². The molecule has 0 spiro atoms. The number of fused-ring (bicyclic) bond motifs is 1. The highest BCUT2D eigenvalue weighted by atomic mass is 127. The van der Waals surface area contributed by atoms with Crippen LogP contribution in [0.4, 0.5) is 17.1 Å². The van der Waals surface area contributed by atoms with Gasteiger partial charge < -0.3 is 16.0 Å². The van der Waals surface area contributed by atoms with Gasteiger partial charge in [-0.25, -0.2) is 0 Å². The molecule has 1 atom stereocenters. The summed E-state index contributed by atoms with van der Waals surface area (Å²) in [6, 6.07) is 9.18. The average Bonchev–Trinajstić information content (AvgIpc) is 2.53. The van der Waals surface area contributed by atoms with Gasteiger partial charge in [-0.3, -0.25) is 9.59 Å². The molecule has 3 rings (SSSR count). The summed E-state index contributed by atoms with van der Waals surface area (Å²) in [4.78, 5) is 24.7. The van der Waals surface area contributed by atoms with Crippen LogP contribution in [-0.2, 0) is 9.59 Å². The van der Waals surface area contributed by atoms with E-state index >= 15 is 0 Å². The van der Waals surface area contributed by atoms with Gasteiger partial charge in [0.05, 0.1) is 17.8 Å². The monoisotopic (exact) mass is 449 g/mol. The smallest absolute Gasteiger partial charge is 0.247 e. The Kier molecular flexibility index (Phi) is 4.99. The van der Waals surface area contributed by atoms with Gasteiger partial charge in [-0.2, -0.15) is 0 Å². The van der Waals surface area contributed by atoms with Crippen LogP contribution in [0.3, 0.4) is 0 Å². The predicted octanol–water partition coefficient (Wildman–Crippen LogP) is 3.98. The predicted molar refractivity (Wildman–Crippen MR) is 109 cm³/mol. The zero-order valence-corrected chi connectivity index (χ0v) is 16.5. The van der Waals surface area contributed by atoms with E-state index in [1.165, 1.54) is 0 Å². The molecule has 0 saturated carbocycles. The molecule has 25 heavy (non-hydrogen) atoms. The Hall–Kier alpha value is -2.09. The molecule has 1 aliphatic rings. The maximum Gasteiger partial charge on any atom is 0.247 e. The number of carbonyl (C=O) groups excluding carboxylic acids is 2. The van der Waals surface area contributed by atoms with Crippen LogP contribution in [0.15, 0.2) is 30.3 Å². The minimum atomic E-state index is -0.584. The molecule has 1 unspecified atom stereocenters. The van der Waals surface area contributed by atoms with Gasteiger partial charge >= 0.3 is 0 Å². The molecule has 0 bridgehead atoms. The Labute approximate surface area is 160 Å². The molecule has 0 fully saturated rings. The van der Waals surface area contributed by atoms with Gasteiger partial charge in [-0.15, -0.1) is 0 Å². The highest BCUT2D eigenvalue weighted by Gasteiger charge is 2.28. The second kappa shape index (κ2) is 7.03. The Morgan fingerprint density at radius 2 is 1.76 bits per heavy atom. The van der Waals surface area contributed by atoms with Crippen molar-refractivity contribution in [1.29, 1.82) is 0 Å². The fourth-order valence-corrected chi connectivity index (χ4v) is 3.46. The molecule has 6 heteroatoms. The number of benzene rings is 2. The Bertz CT molecular complexity index is 864. The lowest BCUT2D eigenvalue weighted by atomic mass is 10.0. The van der Waals surface area contributed by atoms with Crippen molar-refractivity contribution in [2.24, 2.45) is 0 Å². The first-order valence-corrected chi connectivity index (χ1v) is 9.16. The second-order valence-electron chi connectivity index (χ2n) is 6.38. The van der Waals surface area contributed by atoms with Gasteiger partial charge in [0, 0.05) is 9.26 Å². The molecular formula is C19H20IN3O2. The molecule has 0 aliphatic carbocycles. The highest BCUT2D eigenvalue weighted by Crippen LogP contribution is 2.30. The number of nitrogens with one attached hydrogen (secondary N) is 3. The Balaban J connectivity index is 1.71. The second-order valence-corrected chi connectivity index (χ2v) is 7.63. The van der Waals surface area contributed by atoms with Gasteiger partial charge in [-0.1, -0.05) is 0 Å². The first-order valence-electron chi connectivity index (χ1n) is 8.08. The molecule has 130 valence electrons. The van der Waals surface area contributed by atoms with Crippen LogP contribution in [0.1, 0.15) is 23.1 Å². The van der Waals surface area contributed by atoms with Crippen molar-refractivity contribution >= 4 is 51.5 Å². The van der Waals surface area contributed by atoms with E-state index in [9.17, 15) is 9.59 Å². The van der Waals surface area contributed by atoms with E-state index in [-0.39, 0.29) is 18.2 Å². The van der Waals surface area contributed by atoms with Crippen LogP contribution < -0.4 is 16.0 Å². The lowest BCUT2D eigenvalue weighted by Gasteiger charge is -2.27. The van der Waals surface area contributed by atoms with Crippen LogP contribution in [0, 0.1) is 24.3 Å². The lowest BCUT2D eigenvalue weighted by molar-refractivity contribution is -0.122. The van der Waals surface area contributed by atoms with Crippen LogP contribution in [0.25, 0.3) is 0 Å². The summed E-state index contributed by atoms with van der Waals surface area (Å²) in [5.41, 5.74) is 5.64. The third-order valence-electron chi connectivity index (χ3n) is 4.39. The molecule has 2 aromatic rings. The topological polar surface area (TPSA) is 70.2 Å². The van der Waals surface area contributed by atoms with Crippen molar-refractivity contribution in [3.63, 3.8) is 0 Å². The van der Waals surface area contributed by atoms with E-state index in [1.807, 2.05) is 51.1 Å². The number of halogens is 1. The van der Waals surface area contributed by atoms with E-state index in [2.05, 4.69) is 38.5 Å². The highest BCUT2D eigenvalue weighted by molar-refractivity contribution is 14.1. The van der Waals surface area contributed by atoms with Crippen molar-refractivity contribution in [1.82, 2.24) is 0 Å². The molecule has 2 amide bonds. The molecule has 0 aromatic heterocycles. The molecule has 1 heterocycles. The lowest BCUT2D eigenvalue weighted by Crippen LogP contribution is -2.41. The Morgan fingerprint density at radius 3 is 2.44 bits per heavy atom. The van der Waals surface area contributed by atoms with Gasteiger partial charge in [0.25, 0.3) is 0 Å². The molecule has 3 N–H and O–H groups in total. The largest absolute Gasteiger partial charge is 0.372 e. The fraction of sp³-hybridized carbons (Fsp3) is 0.263. The van der Waals surface area contributed by atoms with Crippen molar-refractivity contribution in [3.05, 3.63) is 50.6 Å². The number of hydrogen-bond acceptors (Lipinski definition) is 3. The van der Waals surface area contributed by atoms with Crippen molar-refractivity contribution in [2.75, 3.05) is 16.0 Å². The van der Waals surface area contributed by atoms with Crippen molar-refractivity contribution in [2.45, 2.75) is 33.2 Å². The van der Waals surface area contributed by atoms with Gasteiger partial charge in [-0.05, 0) is 90.4 Å². The number of rotatable bonds is 3. The maximum atomic E-state index is 12.4. The molecule has 1 aliphatic heterocycles. The maximum absolute atomic E-state index is 12.4. The van der Waals surface area contributed by atoms with E-state index < -0.39 is 6.04 Å². The summed E-state index contributed by atoms with van der Waals surface area (Å²) in [6.45, 7) is 5.98. The van der Waals surface area contributed by atoms with Crippen LogP contribution in [0.2, 0.25) is 0 Å². The SMILES string of the molecule is Cc1cc2c(cc1C)NC(CC(=O)Nc1ccc(I)cc1C)C(=O)N2. The molecule has 0 saturated heterocycles. The van der Waals surface area contributed by atoms with E-state index in [0.29, 0.717) is 0 Å². The van der Waals surface area contributed by atoms with Crippen LogP contribution >= 0.6 is 22.6 Å². The first-order chi connectivity index (χ1) is 11.8. The van der Waals surface area contributed by atoms with E-state index in [4.69, 9.17) is 0 Å². The van der Waals surface area contributed by atoms with Crippen molar-refractivity contribution < 1.29 is 9.59 Å². The fourth-order valence-electron chi connectivity index (χ4n) is 2.81. The first kappa shape index (κ1) is 17.7. The third kappa shape index (κ3) is 3.95. The normalized spacial score (nSPS) is 15.8.